The molecule has 0 aliphatic carbocycles. The van der Waals surface area contributed by atoms with Crippen molar-refractivity contribution in [3.8, 4) is 6.07 Å². The molecule has 3 rings (SSSR count). The highest BCUT2D eigenvalue weighted by Gasteiger charge is 2.46. The van der Waals surface area contributed by atoms with Crippen LogP contribution in [0.1, 0.15) is 11.7 Å². The molecule has 2 fully saturated rings. The highest BCUT2D eigenvalue weighted by Crippen LogP contribution is 2.28. The van der Waals surface area contributed by atoms with E-state index in [1.165, 1.54) is 0 Å². The van der Waals surface area contributed by atoms with Gasteiger partial charge >= 0.3 is 0 Å². The summed E-state index contributed by atoms with van der Waals surface area (Å²) in [6, 6.07) is 10.4. The molecule has 11 heteroatoms. The highest BCUT2D eigenvalue weighted by molar-refractivity contribution is 5.22. The molecule has 0 radical (unpaired) electrons. The second kappa shape index (κ2) is 10.1. The van der Waals surface area contributed by atoms with E-state index in [0.717, 1.165) is 0 Å². The number of aliphatic hydroxyl groups is 6. The van der Waals surface area contributed by atoms with Crippen molar-refractivity contribution in [3.05, 3.63) is 35.9 Å². The molecule has 2 saturated heterocycles. The number of benzene rings is 1. The maximum absolute atomic E-state index is 10.2. The Morgan fingerprint density at radius 3 is 2.27 bits per heavy atom. The first kappa shape index (κ1) is 23.0. The van der Waals surface area contributed by atoms with Gasteiger partial charge in [0.2, 0.25) is 0 Å². The Kier molecular flexibility index (Phi) is 7.72. The van der Waals surface area contributed by atoms with Gasteiger partial charge in [0.05, 0.1) is 19.3 Å². The van der Waals surface area contributed by atoms with Gasteiger partial charge < -0.3 is 49.6 Å². The molecule has 1 unspecified atom stereocenters. The summed E-state index contributed by atoms with van der Waals surface area (Å²) in [5.41, 5.74) is 0.510. The lowest BCUT2D eigenvalue weighted by atomic mass is 9.99. The monoisotopic (exact) mass is 427 g/mol. The van der Waals surface area contributed by atoms with Crippen molar-refractivity contribution >= 4 is 0 Å². The second-order valence-corrected chi connectivity index (χ2v) is 7.15. The van der Waals surface area contributed by atoms with Gasteiger partial charge in [0, 0.05) is 0 Å². The topological polar surface area (TPSA) is 182 Å². The number of ether oxygens (including phenoxy) is 4. The van der Waals surface area contributed by atoms with Gasteiger partial charge in [-0.1, -0.05) is 30.3 Å². The highest BCUT2D eigenvalue weighted by atomic mass is 16.7. The Morgan fingerprint density at radius 2 is 1.60 bits per heavy atom. The molecular weight excluding hydrogens is 402 g/mol. The van der Waals surface area contributed by atoms with E-state index >= 15 is 0 Å². The van der Waals surface area contributed by atoms with Crippen molar-refractivity contribution < 1.29 is 49.6 Å². The fourth-order valence-corrected chi connectivity index (χ4v) is 3.23. The van der Waals surface area contributed by atoms with E-state index in [1.54, 1.807) is 30.3 Å². The first-order valence-corrected chi connectivity index (χ1v) is 9.40. The Bertz CT molecular complexity index is 715. The number of hydrogen-bond donors (Lipinski definition) is 6. The molecule has 2 aliphatic heterocycles. The summed E-state index contributed by atoms with van der Waals surface area (Å²) in [7, 11) is 0. The summed E-state index contributed by atoms with van der Waals surface area (Å²) in [4.78, 5) is 0. The van der Waals surface area contributed by atoms with Gasteiger partial charge in [-0.15, -0.1) is 0 Å². The number of aliphatic hydroxyl groups excluding tert-OH is 6. The molecule has 11 nitrogen and oxygen atoms in total. The van der Waals surface area contributed by atoms with Crippen LogP contribution in [0.5, 0.6) is 0 Å². The predicted octanol–water partition coefficient (Wildman–Crippen LogP) is -2.47. The summed E-state index contributed by atoms with van der Waals surface area (Å²) < 4.78 is 21.5. The van der Waals surface area contributed by atoms with Crippen LogP contribution < -0.4 is 0 Å². The van der Waals surface area contributed by atoms with Crippen LogP contribution in [0.3, 0.4) is 0 Å². The number of nitriles is 1. The molecule has 2 aliphatic rings. The van der Waals surface area contributed by atoms with Crippen LogP contribution in [0.25, 0.3) is 0 Å². The summed E-state index contributed by atoms with van der Waals surface area (Å²) >= 11 is 0. The third-order valence-electron chi connectivity index (χ3n) is 5.04. The van der Waals surface area contributed by atoms with E-state index in [1.807, 2.05) is 6.07 Å². The van der Waals surface area contributed by atoms with Crippen LogP contribution in [-0.4, -0.2) is 99.2 Å². The van der Waals surface area contributed by atoms with Gasteiger partial charge in [0.25, 0.3) is 0 Å². The van der Waals surface area contributed by atoms with E-state index in [0.29, 0.717) is 5.56 Å². The third kappa shape index (κ3) is 4.96. The zero-order chi connectivity index (χ0) is 21.8. The van der Waals surface area contributed by atoms with Crippen molar-refractivity contribution in [1.29, 1.82) is 5.26 Å². The SMILES string of the molecule is N#CC(O[C@@H]1O[C@H](CO[C@@H]2OC[C@@H](O)[C@H](O)[C@H]2O)[C@@H](O)[C@H](O)[C@H]1O)c1ccccc1. The second-order valence-electron chi connectivity index (χ2n) is 7.15. The summed E-state index contributed by atoms with van der Waals surface area (Å²) in [5, 5.41) is 69.0. The largest absolute Gasteiger partial charge is 0.388 e. The number of nitrogens with zero attached hydrogens (tertiary/aromatic N) is 1. The van der Waals surface area contributed by atoms with Crippen LogP contribution in [-0.2, 0) is 18.9 Å². The summed E-state index contributed by atoms with van der Waals surface area (Å²) in [6.45, 7) is -0.678. The Morgan fingerprint density at radius 1 is 0.933 bits per heavy atom. The molecule has 6 N–H and O–H groups in total. The van der Waals surface area contributed by atoms with Crippen molar-refractivity contribution in [2.24, 2.45) is 0 Å². The predicted molar refractivity (Wildman–Crippen MR) is 96.3 cm³/mol. The van der Waals surface area contributed by atoms with E-state index in [-0.39, 0.29) is 6.61 Å². The molecular formula is C19H25NO10. The van der Waals surface area contributed by atoms with Crippen LogP contribution in [0, 0.1) is 11.3 Å². The van der Waals surface area contributed by atoms with E-state index < -0.39 is 68.0 Å². The average Bonchev–Trinajstić information content (AvgIpc) is 2.76. The quantitative estimate of drug-likeness (QED) is 0.283. The van der Waals surface area contributed by atoms with Gasteiger partial charge in [-0.2, -0.15) is 5.26 Å². The summed E-state index contributed by atoms with van der Waals surface area (Å²) in [6.07, 6.45) is -14.2. The molecule has 0 amide bonds. The molecule has 10 atom stereocenters. The molecule has 1 aromatic carbocycles. The zero-order valence-electron chi connectivity index (χ0n) is 15.8. The molecule has 0 bridgehead atoms. The van der Waals surface area contributed by atoms with Crippen LogP contribution in [0.2, 0.25) is 0 Å². The Hall–Kier alpha value is -1.69. The van der Waals surface area contributed by atoms with Gasteiger partial charge in [0.1, 0.15) is 42.7 Å². The first-order valence-electron chi connectivity index (χ1n) is 9.40. The Balaban J connectivity index is 1.63. The maximum atomic E-state index is 10.2. The van der Waals surface area contributed by atoms with Gasteiger partial charge in [-0.05, 0) is 5.56 Å². The van der Waals surface area contributed by atoms with E-state index in [9.17, 15) is 35.9 Å². The molecule has 2 heterocycles. The minimum absolute atomic E-state index is 0.273. The van der Waals surface area contributed by atoms with Gasteiger partial charge in [0.15, 0.2) is 18.7 Å². The standard InChI is InChI=1S/C19H25NO10/c20-6-11(9-4-2-1-3-5-9)29-19-17(26)15(24)14(23)12(30-19)8-28-18-16(25)13(22)10(21)7-27-18/h1-5,10-19,21-26H,7-8H2/t10-,11?,12-,13+,14-,15+,16-,17-,18+,19-/m1/s1. The number of hydrogen-bond acceptors (Lipinski definition) is 11. The van der Waals surface area contributed by atoms with E-state index in [2.05, 4.69) is 0 Å². The Labute approximate surface area is 172 Å². The fourth-order valence-electron chi connectivity index (χ4n) is 3.23. The lowest BCUT2D eigenvalue weighted by Crippen LogP contribution is -2.60. The first-order chi connectivity index (χ1) is 14.3. The van der Waals surface area contributed by atoms with E-state index in [4.69, 9.17) is 18.9 Å². The lowest BCUT2D eigenvalue weighted by molar-refractivity contribution is -0.325. The average molecular weight is 427 g/mol. The lowest BCUT2D eigenvalue weighted by Gasteiger charge is -2.41. The summed E-state index contributed by atoms with van der Waals surface area (Å²) in [5.74, 6) is 0. The third-order valence-corrected chi connectivity index (χ3v) is 5.04. The molecule has 30 heavy (non-hydrogen) atoms. The van der Waals surface area contributed by atoms with Crippen molar-refractivity contribution in [1.82, 2.24) is 0 Å². The zero-order valence-corrected chi connectivity index (χ0v) is 15.8. The molecule has 1 aromatic rings. The van der Waals surface area contributed by atoms with Gasteiger partial charge in [-0.3, -0.25) is 0 Å². The number of rotatable bonds is 6. The molecule has 0 aromatic heterocycles. The molecule has 0 saturated carbocycles. The van der Waals surface area contributed by atoms with Crippen LogP contribution in [0.4, 0.5) is 0 Å². The van der Waals surface area contributed by atoms with Crippen molar-refractivity contribution in [2.45, 2.75) is 61.4 Å². The van der Waals surface area contributed by atoms with Crippen molar-refractivity contribution in [3.63, 3.8) is 0 Å². The maximum Gasteiger partial charge on any atom is 0.188 e. The minimum Gasteiger partial charge on any atom is -0.388 e. The van der Waals surface area contributed by atoms with Gasteiger partial charge in [-0.25, -0.2) is 0 Å². The normalized spacial score (nSPS) is 40.5. The minimum atomic E-state index is -1.66. The molecule has 0 spiro atoms. The fraction of sp³-hybridized carbons (Fsp3) is 0.632. The van der Waals surface area contributed by atoms with Crippen LogP contribution in [0.15, 0.2) is 30.3 Å². The molecule has 166 valence electrons. The smallest absolute Gasteiger partial charge is 0.188 e. The van der Waals surface area contributed by atoms with Crippen molar-refractivity contribution in [2.75, 3.05) is 13.2 Å². The van der Waals surface area contributed by atoms with Crippen LogP contribution >= 0.6 is 0 Å².